The fourth-order valence-electron chi connectivity index (χ4n) is 3.75. The molecule has 2 fully saturated rings. The Hall–Kier alpha value is -2.37. The first-order valence-corrected chi connectivity index (χ1v) is 9.91. The molecule has 1 aromatic carbocycles. The second kappa shape index (κ2) is 9.02. The highest BCUT2D eigenvalue weighted by Gasteiger charge is 2.31. The highest BCUT2D eigenvalue weighted by atomic mass is 16.5. The molecule has 0 aromatic heterocycles. The Labute approximate surface area is 160 Å². The molecule has 146 valence electrons. The SMILES string of the molecule is CCC(=O)c1ccc(OCC(=O)N2CCC(C(=O)N3CCCC3)CC2)cc1. The molecule has 3 rings (SSSR count). The standard InChI is InChI=1S/C21H28N2O4/c1-2-19(24)16-5-7-18(8-6-16)27-15-20(25)22-13-9-17(10-14-22)21(26)23-11-3-4-12-23/h5-8,17H,2-4,9-15H2,1H3. The lowest BCUT2D eigenvalue weighted by molar-refractivity contribution is -0.140. The quantitative estimate of drug-likeness (QED) is 0.720. The average Bonchev–Trinajstić information content (AvgIpc) is 3.26. The smallest absolute Gasteiger partial charge is 0.260 e. The van der Waals surface area contributed by atoms with Crippen molar-refractivity contribution in [2.45, 2.75) is 39.0 Å². The topological polar surface area (TPSA) is 66.9 Å². The molecule has 0 radical (unpaired) electrons. The second-order valence-electron chi connectivity index (χ2n) is 7.28. The molecule has 2 heterocycles. The predicted molar refractivity (Wildman–Crippen MR) is 102 cm³/mol. The van der Waals surface area contributed by atoms with Crippen LogP contribution in [0.2, 0.25) is 0 Å². The monoisotopic (exact) mass is 372 g/mol. The number of piperidine rings is 1. The summed E-state index contributed by atoms with van der Waals surface area (Å²) in [5, 5.41) is 0. The van der Waals surface area contributed by atoms with Crippen LogP contribution in [0.4, 0.5) is 0 Å². The number of hydrogen-bond donors (Lipinski definition) is 0. The molecule has 1 aromatic rings. The van der Waals surface area contributed by atoms with Crippen molar-refractivity contribution in [3.8, 4) is 5.75 Å². The number of nitrogens with zero attached hydrogens (tertiary/aromatic N) is 2. The van der Waals surface area contributed by atoms with Crippen molar-refractivity contribution < 1.29 is 19.1 Å². The molecule has 0 saturated carbocycles. The van der Waals surface area contributed by atoms with Crippen molar-refractivity contribution >= 4 is 17.6 Å². The van der Waals surface area contributed by atoms with Crippen molar-refractivity contribution in [1.29, 1.82) is 0 Å². The molecule has 0 unspecified atom stereocenters. The van der Waals surface area contributed by atoms with Gasteiger partial charge in [-0.05, 0) is 49.9 Å². The molecule has 2 aliphatic rings. The van der Waals surface area contributed by atoms with Crippen molar-refractivity contribution in [3.05, 3.63) is 29.8 Å². The van der Waals surface area contributed by atoms with E-state index in [0.717, 1.165) is 38.8 Å². The number of ether oxygens (including phenoxy) is 1. The molecule has 2 amide bonds. The molecule has 2 aliphatic heterocycles. The Balaban J connectivity index is 1.43. The number of amides is 2. The van der Waals surface area contributed by atoms with Gasteiger partial charge in [-0.3, -0.25) is 14.4 Å². The van der Waals surface area contributed by atoms with Gasteiger partial charge in [-0.15, -0.1) is 0 Å². The van der Waals surface area contributed by atoms with Crippen LogP contribution in [0.5, 0.6) is 5.75 Å². The summed E-state index contributed by atoms with van der Waals surface area (Å²) in [4.78, 5) is 40.2. The van der Waals surface area contributed by atoms with Gasteiger partial charge in [-0.25, -0.2) is 0 Å². The molecule has 0 bridgehead atoms. The van der Waals surface area contributed by atoms with E-state index in [1.807, 2.05) is 11.8 Å². The van der Waals surface area contributed by atoms with E-state index in [4.69, 9.17) is 4.74 Å². The highest BCUT2D eigenvalue weighted by molar-refractivity contribution is 5.95. The van der Waals surface area contributed by atoms with Crippen LogP contribution < -0.4 is 4.74 Å². The summed E-state index contributed by atoms with van der Waals surface area (Å²) in [5.41, 5.74) is 0.654. The van der Waals surface area contributed by atoms with Gasteiger partial charge in [0.15, 0.2) is 12.4 Å². The van der Waals surface area contributed by atoms with Crippen LogP contribution in [-0.4, -0.2) is 60.2 Å². The minimum absolute atomic E-state index is 0.0220. The molecular weight excluding hydrogens is 344 g/mol. The number of carbonyl (C=O) groups excluding carboxylic acids is 3. The molecule has 6 nitrogen and oxygen atoms in total. The van der Waals surface area contributed by atoms with Gasteiger partial charge in [0.05, 0.1) is 0 Å². The van der Waals surface area contributed by atoms with Gasteiger partial charge in [-0.1, -0.05) is 6.92 Å². The van der Waals surface area contributed by atoms with Crippen molar-refractivity contribution in [2.24, 2.45) is 5.92 Å². The van der Waals surface area contributed by atoms with Crippen LogP contribution in [0, 0.1) is 5.92 Å². The third-order valence-electron chi connectivity index (χ3n) is 5.47. The van der Waals surface area contributed by atoms with Crippen LogP contribution in [0.3, 0.4) is 0 Å². The van der Waals surface area contributed by atoms with Crippen LogP contribution in [0.25, 0.3) is 0 Å². The maximum atomic E-state index is 12.5. The summed E-state index contributed by atoms with van der Waals surface area (Å²) >= 11 is 0. The summed E-state index contributed by atoms with van der Waals surface area (Å²) in [7, 11) is 0. The lowest BCUT2D eigenvalue weighted by atomic mass is 9.95. The number of carbonyl (C=O) groups is 3. The van der Waals surface area contributed by atoms with E-state index in [1.165, 1.54) is 0 Å². The minimum Gasteiger partial charge on any atom is -0.484 e. The third kappa shape index (κ3) is 4.87. The Morgan fingerprint density at radius 3 is 2.19 bits per heavy atom. The molecular formula is C21H28N2O4. The van der Waals surface area contributed by atoms with Gasteiger partial charge in [0.1, 0.15) is 5.75 Å². The van der Waals surface area contributed by atoms with E-state index < -0.39 is 0 Å². The first-order chi connectivity index (χ1) is 13.1. The summed E-state index contributed by atoms with van der Waals surface area (Å²) in [6, 6.07) is 6.89. The Bertz CT molecular complexity index is 672. The minimum atomic E-state index is -0.0595. The number of ketones is 1. The summed E-state index contributed by atoms with van der Waals surface area (Å²) in [6.45, 7) is 4.79. The third-order valence-corrected chi connectivity index (χ3v) is 5.47. The molecule has 0 atom stereocenters. The van der Waals surface area contributed by atoms with Gasteiger partial charge < -0.3 is 14.5 Å². The van der Waals surface area contributed by atoms with Gasteiger partial charge in [0.2, 0.25) is 5.91 Å². The van der Waals surface area contributed by atoms with Crippen LogP contribution in [-0.2, 0) is 9.59 Å². The van der Waals surface area contributed by atoms with Gasteiger partial charge in [0.25, 0.3) is 5.91 Å². The summed E-state index contributed by atoms with van der Waals surface area (Å²) < 4.78 is 5.57. The van der Waals surface area contributed by atoms with Gasteiger partial charge >= 0.3 is 0 Å². The molecule has 0 aliphatic carbocycles. The predicted octanol–water partition coefficient (Wildman–Crippen LogP) is 2.52. The molecule has 2 saturated heterocycles. The Morgan fingerprint density at radius 2 is 1.59 bits per heavy atom. The first kappa shape index (κ1) is 19.4. The Kier molecular flexibility index (Phi) is 6.48. The number of likely N-dealkylation sites (tertiary alicyclic amines) is 2. The maximum absolute atomic E-state index is 12.5. The molecule has 6 heteroatoms. The summed E-state index contributed by atoms with van der Waals surface area (Å²) in [6.07, 6.45) is 4.14. The zero-order chi connectivity index (χ0) is 19.2. The van der Waals surface area contributed by atoms with Crippen molar-refractivity contribution in [3.63, 3.8) is 0 Å². The fourth-order valence-corrected chi connectivity index (χ4v) is 3.75. The average molecular weight is 372 g/mol. The zero-order valence-electron chi connectivity index (χ0n) is 16.0. The van der Waals surface area contributed by atoms with E-state index in [2.05, 4.69) is 0 Å². The van der Waals surface area contributed by atoms with E-state index in [-0.39, 0.29) is 30.1 Å². The fraction of sp³-hybridized carbons (Fsp3) is 0.571. The molecule has 0 spiro atoms. The molecule has 0 N–H and O–H groups in total. The van der Waals surface area contributed by atoms with Crippen LogP contribution in [0.1, 0.15) is 49.4 Å². The van der Waals surface area contributed by atoms with E-state index in [9.17, 15) is 14.4 Å². The number of hydrogen-bond acceptors (Lipinski definition) is 4. The first-order valence-electron chi connectivity index (χ1n) is 9.91. The normalized spacial score (nSPS) is 17.8. The number of rotatable bonds is 6. The van der Waals surface area contributed by atoms with Crippen molar-refractivity contribution in [1.82, 2.24) is 9.80 Å². The summed E-state index contributed by atoms with van der Waals surface area (Å²) in [5.74, 6) is 0.920. The highest BCUT2D eigenvalue weighted by Crippen LogP contribution is 2.22. The van der Waals surface area contributed by atoms with Gasteiger partial charge in [0, 0.05) is 44.1 Å². The van der Waals surface area contributed by atoms with Gasteiger partial charge in [-0.2, -0.15) is 0 Å². The van der Waals surface area contributed by atoms with Crippen LogP contribution >= 0.6 is 0 Å². The Morgan fingerprint density at radius 1 is 0.963 bits per heavy atom. The van der Waals surface area contributed by atoms with E-state index in [0.29, 0.717) is 30.8 Å². The lowest BCUT2D eigenvalue weighted by Crippen LogP contribution is -2.45. The largest absolute Gasteiger partial charge is 0.484 e. The van der Waals surface area contributed by atoms with E-state index in [1.54, 1.807) is 29.2 Å². The zero-order valence-corrected chi connectivity index (χ0v) is 16.0. The molecule has 27 heavy (non-hydrogen) atoms. The lowest BCUT2D eigenvalue weighted by Gasteiger charge is -2.33. The van der Waals surface area contributed by atoms with E-state index >= 15 is 0 Å². The second-order valence-corrected chi connectivity index (χ2v) is 7.28. The number of Topliss-reactive ketones (excluding diaryl/α,β-unsaturated/α-hetero) is 1. The number of benzene rings is 1. The maximum Gasteiger partial charge on any atom is 0.260 e. The van der Waals surface area contributed by atoms with Crippen LogP contribution in [0.15, 0.2) is 24.3 Å². The van der Waals surface area contributed by atoms with Crippen molar-refractivity contribution in [2.75, 3.05) is 32.8 Å².